The van der Waals surface area contributed by atoms with Crippen molar-refractivity contribution >= 4 is 28.7 Å². The lowest BCUT2D eigenvalue weighted by Crippen LogP contribution is -2.32. The Morgan fingerprint density at radius 1 is 0.900 bits per heavy atom. The first-order valence-electron chi connectivity index (χ1n) is 9.10. The summed E-state index contributed by atoms with van der Waals surface area (Å²) in [6.07, 6.45) is 2.03. The Balaban J connectivity index is 1.57. The van der Waals surface area contributed by atoms with Crippen LogP contribution in [0.1, 0.15) is 11.1 Å². The first kappa shape index (κ1) is 19.1. The zero-order valence-electron chi connectivity index (χ0n) is 15.7. The summed E-state index contributed by atoms with van der Waals surface area (Å²) in [5.41, 5.74) is 8.02. The highest BCUT2D eigenvalue weighted by atomic mass is 16.6. The zero-order valence-corrected chi connectivity index (χ0v) is 15.7. The number of aromatic nitrogens is 2. The number of hydrazine groups is 1. The van der Waals surface area contributed by atoms with E-state index in [4.69, 9.17) is 0 Å². The maximum Gasteiger partial charge on any atom is 0.355 e. The number of non-ortho nitro benzene ring substituents is 1. The van der Waals surface area contributed by atoms with Gasteiger partial charge in [-0.05, 0) is 29.7 Å². The van der Waals surface area contributed by atoms with Gasteiger partial charge in [0.2, 0.25) is 11.6 Å². The number of anilines is 3. The molecular weight excluding hydrogens is 390 g/mol. The molecule has 0 bridgehead atoms. The van der Waals surface area contributed by atoms with Gasteiger partial charge < -0.3 is 4.90 Å². The quantitative estimate of drug-likeness (QED) is 0.465. The van der Waals surface area contributed by atoms with Crippen LogP contribution >= 0.6 is 0 Å². The SMILES string of the molecule is O=[N+]([O-])c1ccc(NNc2ncnc(N3CCc4ccccc4C3)c2[N+](=O)[O-])cc1. The van der Waals surface area contributed by atoms with Gasteiger partial charge in [0.1, 0.15) is 6.33 Å². The van der Waals surface area contributed by atoms with E-state index in [1.165, 1.54) is 36.2 Å². The average Bonchev–Trinajstić information content (AvgIpc) is 2.77. The van der Waals surface area contributed by atoms with E-state index in [0.29, 0.717) is 18.8 Å². The normalized spacial score (nSPS) is 12.7. The van der Waals surface area contributed by atoms with E-state index in [1.54, 1.807) is 0 Å². The molecule has 3 aromatic rings. The van der Waals surface area contributed by atoms with E-state index in [9.17, 15) is 20.2 Å². The summed E-state index contributed by atoms with van der Waals surface area (Å²) in [6, 6.07) is 13.6. The third kappa shape index (κ3) is 3.81. The molecule has 0 fully saturated rings. The second-order valence-corrected chi connectivity index (χ2v) is 6.65. The Labute approximate surface area is 170 Å². The van der Waals surface area contributed by atoms with Gasteiger partial charge in [-0.3, -0.25) is 31.1 Å². The maximum atomic E-state index is 11.8. The van der Waals surface area contributed by atoms with Crippen molar-refractivity contribution in [2.75, 3.05) is 22.3 Å². The van der Waals surface area contributed by atoms with E-state index < -0.39 is 9.85 Å². The molecule has 4 rings (SSSR count). The highest BCUT2D eigenvalue weighted by molar-refractivity contribution is 5.72. The number of hydrogen-bond donors (Lipinski definition) is 2. The Kier molecular flexibility index (Phi) is 5.08. The van der Waals surface area contributed by atoms with Crippen LogP contribution in [0.2, 0.25) is 0 Å². The number of nitro groups is 2. The van der Waals surface area contributed by atoms with Crippen molar-refractivity contribution in [3.05, 3.63) is 86.2 Å². The Bertz CT molecular complexity index is 1100. The van der Waals surface area contributed by atoms with E-state index >= 15 is 0 Å². The molecule has 0 saturated carbocycles. The monoisotopic (exact) mass is 407 g/mol. The van der Waals surface area contributed by atoms with E-state index in [0.717, 1.165) is 12.0 Å². The number of nitro benzene ring substituents is 1. The van der Waals surface area contributed by atoms with Gasteiger partial charge in [-0.2, -0.15) is 0 Å². The molecule has 0 atom stereocenters. The molecule has 0 aliphatic carbocycles. The van der Waals surface area contributed by atoms with Crippen LogP contribution in [-0.2, 0) is 13.0 Å². The molecular formula is C19H17N7O4. The number of nitrogens with zero attached hydrogens (tertiary/aromatic N) is 5. The molecule has 0 amide bonds. The Morgan fingerprint density at radius 3 is 2.33 bits per heavy atom. The lowest BCUT2D eigenvalue weighted by molar-refractivity contribution is -0.384. The van der Waals surface area contributed by atoms with E-state index in [2.05, 4.69) is 26.9 Å². The number of fused-ring (bicyclic) bond motifs is 1. The molecule has 152 valence electrons. The molecule has 30 heavy (non-hydrogen) atoms. The minimum atomic E-state index is -0.518. The van der Waals surface area contributed by atoms with Crippen molar-refractivity contribution in [2.24, 2.45) is 0 Å². The van der Waals surface area contributed by atoms with Crippen LogP contribution in [0.25, 0.3) is 0 Å². The fraction of sp³-hybridized carbons (Fsp3) is 0.158. The minimum absolute atomic E-state index is 0.00205. The van der Waals surface area contributed by atoms with Gasteiger partial charge in [0.05, 0.1) is 15.5 Å². The number of benzene rings is 2. The van der Waals surface area contributed by atoms with Crippen LogP contribution in [0, 0.1) is 20.2 Å². The van der Waals surface area contributed by atoms with Crippen LogP contribution in [0.5, 0.6) is 0 Å². The minimum Gasteiger partial charge on any atom is -0.346 e. The molecule has 0 unspecified atom stereocenters. The molecule has 0 radical (unpaired) electrons. The Hall–Kier alpha value is -4.28. The fourth-order valence-corrected chi connectivity index (χ4v) is 3.33. The zero-order chi connectivity index (χ0) is 21.1. The summed E-state index contributed by atoms with van der Waals surface area (Å²) in [5, 5.41) is 22.6. The van der Waals surface area contributed by atoms with Crippen molar-refractivity contribution in [2.45, 2.75) is 13.0 Å². The number of hydrogen-bond acceptors (Lipinski definition) is 9. The molecule has 2 N–H and O–H groups in total. The summed E-state index contributed by atoms with van der Waals surface area (Å²) < 4.78 is 0. The van der Waals surface area contributed by atoms with Gasteiger partial charge >= 0.3 is 5.69 Å². The van der Waals surface area contributed by atoms with Crippen molar-refractivity contribution in [3.8, 4) is 0 Å². The standard InChI is InChI=1S/C19H17N7O4/c27-25(28)16-7-5-15(6-8-16)22-23-18-17(26(29)30)19(21-12-20-18)24-10-9-13-3-1-2-4-14(13)11-24/h1-8,12,22H,9-11H2,(H,20,21,23). The predicted octanol–water partition coefficient (Wildman–Crippen LogP) is 3.29. The third-order valence-electron chi connectivity index (χ3n) is 4.82. The Morgan fingerprint density at radius 2 is 1.63 bits per heavy atom. The summed E-state index contributed by atoms with van der Waals surface area (Å²) in [7, 11) is 0. The lowest BCUT2D eigenvalue weighted by atomic mass is 10.00. The number of nitrogens with one attached hydrogen (secondary N) is 2. The molecule has 2 aromatic carbocycles. The summed E-state index contributed by atoms with van der Waals surface area (Å²) in [6.45, 7) is 1.12. The maximum absolute atomic E-state index is 11.8. The van der Waals surface area contributed by atoms with Gasteiger partial charge in [0, 0.05) is 25.2 Å². The molecule has 2 heterocycles. The summed E-state index contributed by atoms with van der Waals surface area (Å²) in [5.74, 6) is 0.236. The van der Waals surface area contributed by atoms with Crippen molar-refractivity contribution in [1.82, 2.24) is 9.97 Å². The van der Waals surface area contributed by atoms with Crippen LogP contribution in [0.15, 0.2) is 54.9 Å². The molecule has 11 heteroatoms. The van der Waals surface area contributed by atoms with E-state index in [1.807, 2.05) is 23.1 Å². The molecule has 11 nitrogen and oxygen atoms in total. The summed E-state index contributed by atoms with van der Waals surface area (Å²) >= 11 is 0. The average molecular weight is 407 g/mol. The molecule has 0 spiro atoms. The third-order valence-corrected chi connectivity index (χ3v) is 4.82. The van der Waals surface area contributed by atoms with Crippen molar-refractivity contribution < 1.29 is 9.85 Å². The van der Waals surface area contributed by atoms with Crippen LogP contribution in [-0.4, -0.2) is 26.4 Å². The highest BCUT2D eigenvalue weighted by Crippen LogP contribution is 2.34. The lowest BCUT2D eigenvalue weighted by Gasteiger charge is -2.29. The summed E-state index contributed by atoms with van der Waals surface area (Å²) in [4.78, 5) is 31.6. The van der Waals surface area contributed by atoms with Gasteiger partial charge in [-0.15, -0.1) is 0 Å². The van der Waals surface area contributed by atoms with Crippen LogP contribution < -0.4 is 15.8 Å². The fourth-order valence-electron chi connectivity index (χ4n) is 3.33. The van der Waals surface area contributed by atoms with Gasteiger partial charge in [0.15, 0.2) is 0 Å². The van der Waals surface area contributed by atoms with Gasteiger partial charge in [-0.1, -0.05) is 24.3 Å². The van der Waals surface area contributed by atoms with Crippen LogP contribution in [0.3, 0.4) is 0 Å². The molecule has 1 aliphatic rings. The number of rotatable bonds is 6. The van der Waals surface area contributed by atoms with Crippen molar-refractivity contribution in [3.63, 3.8) is 0 Å². The predicted molar refractivity (Wildman–Crippen MR) is 110 cm³/mol. The second kappa shape index (κ2) is 7.99. The first-order chi connectivity index (χ1) is 14.5. The molecule has 0 saturated heterocycles. The molecule has 1 aliphatic heterocycles. The van der Waals surface area contributed by atoms with E-state index in [-0.39, 0.29) is 23.0 Å². The van der Waals surface area contributed by atoms with Gasteiger partial charge in [-0.25, -0.2) is 9.97 Å². The topological polar surface area (TPSA) is 139 Å². The van der Waals surface area contributed by atoms with Crippen LogP contribution in [0.4, 0.5) is 28.7 Å². The van der Waals surface area contributed by atoms with Gasteiger partial charge in [0.25, 0.3) is 5.69 Å². The first-order valence-corrected chi connectivity index (χ1v) is 9.10. The smallest absolute Gasteiger partial charge is 0.346 e. The van der Waals surface area contributed by atoms with Crippen molar-refractivity contribution in [1.29, 1.82) is 0 Å². The second-order valence-electron chi connectivity index (χ2n) is 6.65. The largest absolute Gasteiger partial charge is 0.355 e. The molecule has 1 aromatic heterocycles. The highest BCUT2D eigenvalue weighted by Gasteiger charge is 2.29.